The summed E-state index contributed by atoms with van der Waals surface area (Å²) in [6, 6.07) is 8.33. The Bertz CT molecular complexity index is 546. The second-order valence-electron chi connectivity index (χ2n) is 4.15. The molecule has 18 heavy (non-hydrogen) atoms. The van der Waals surface area contributed by atoms with Crippen LogP contribution in [0, 0.1) is 6.92 Å². The number of carbonyl (C=O) groups excluding carboxylic acids is 1. The van der Waals surface area contributed by atoms with Gasteiger partial charge >= 0.3 is 0 Å². The van der Waals surface area contributed by atoms with Gasteiger partial charge in [-0.1, -0.05) is 17.3 Å². The number of phenols is 1. The van der Waals surface area contributed by atoms with E-state index in [4.69, 9.17) is 4.52 Å². The molecule has 1 amide bonds. The highest BCUT2D eigenvalue weighted by Gasteiger charge is 2.15. The molecule has 0 saturated heterocycles. The largest absolute Gasteiger partial charge is 0.508 e. The topological polar surface area (TPSA) is 66.6 Å². The van der Waals surface area contributed by atoms with Crippen LogP contribution in [0.25, 0.3) is 0 Å². The van der Waals surface area contributed by atoms with Crippen LogP contribution < -0.4 is 0 Å². The van der Waals surface area contributed by atoms with E-state index in [1.54, 1.807) is 49.2 Å². The maximum Gasteiger partial charge on any atom is 0.276 e. The Morgan fingerprint density at radius 1 is 1.39 bits per heavy atom. The summed E-state index contributed by atoms with van der Waals surface area (Å²) in [6.07, 6.45) is 0. The molecular formula is C13H14N2O3. The average molecular weight is 246 g/mol. The van der Waals surface area contributed by atoms with Crippen molar-refractivity contribution in [2.45, 2.75) is 13.5 Å². The molecule has 0 bridgehead atoms. The molecule has 2 rings (SSSR count). The molecule has 5 heteroatoms. The van der Waals surface area contributed by atoms with Crippen molar-refractivity contribution in [3.8, 4) is 5.75 Å². The van der Waals surface area contributed by atoms with Gasteiger partial charge in [-0.05, 0) is 24.6 Å². The van der Waals surface area contributed by atoms with E-state index < -0.39 is 0 Å². The number of rotatable bonds is 3. The van der Waals surface area contributed by atoms with E-state index in [9.17, 15) is 9.90 Å². The van der Waals surface area contributed by atoms with Gasteiger partial charge in [0.2, 0.25) is 0 Å². The first-order valence-electron chi connectivity index (χ1n) is 5.53. The summed E-state index contributed by atoms with van der Waals surface area (Å²) in [7, 11) is 1.69. The normalized spacial score (nSPS) is 10.3. The molecule has 1 aromatic carbocycles. The third kappa shape index (κ3) is 2.68. The Morgan fingerprint density at radius 3 is 2.61 bits per heavy atom. The summed E-state index contributed by atoms with van der Waals surface area (Å²) in [6.45, 7) is 2.19. The number of aromatic hydroxyl groups is 1. The minimum Gasteiger partial charge on any atom is -0.508 e. The van der Waals surface area contributed by atoms with Crippen LogP contribution in [0.5, 0.6) is 5.75 Å². The molecule has 0 spiro atoms. The maximum atomic E-state index is 12.0. The number of hydrogen-bond acceptors (Lipinski definition) is 4. The first-order chi connectivity index (χ1) is 8.56. The van der Waals surface area contributed by atoms with Crippen LogP contribution in [0.15, 0.2) is 34.9 Å². The molecule has 0 atom stereocenters. The summed E-state index contributed by atoms with van der Waals surface area (Å²) in [5, 5.41) is 12.9. The van der Waals surface area contributed by atoms with Crippen LogP contribution in [0.4, 0.5) is 0 Å². The van der Waals surface area contributed by atoms with Gasteiger partial charge in [0.05, 0.1) is 0 Å². The Morgan fingerprint density at radius 2 is 2.06 bits per heavy atom. The van der Waals surface area contributed by atoms with E-state index in [2.05, 4.69) is 5.16 Å². The molecular weight excluding hydrogens is 232 g/mol. The fourth-order valence-corrected chi connectivity index (χ4v) is 1.61. The zero-order valence-corrected chi connectivity index (χ0v) is 10.3. The van der Waals surface area contributed by atoms with Crippen molar-refractivity contribution in [2.24, 2.45) is 0 Å². The van der Waals surface area contributed by atoms with E-state index in [0.29, 0.717) is 18.0 Å². The predicted octanol–water partition coefficient (Wildman–Crippen LogP) is 1.96. The van der Waals surface area contributed by atoms with Gasteiger partial charge in [0.25, 0.3) is 5.91 Å². The van der Waals surface area contributed by atoms with Gasteiger partial charge in [-0.25, -0.2) is 0 Å². The third-order valence-corrected chi connectivity index (χ3v) is 2.55. The standard InChI is InChI=1S/C13H14N2O3/c1-9-7-12(14-18-9)13(17)15(2)8-10-3-5-11(16)6-4-10/h3-7,16H,8H2,1-2H3. The molecule has 0 unspecified atom stereocenters. The Balaban J connectivity index is 2.05. The van der Waals surface area contributed by atoms with E-state index >= 15 is 0 Å². The van der Waals surface area contributed by atoms with E-state index in [1.165, 1.54) is 0 Å². The van der Waals surface area contributed by atoms with Crippen molar-refractivity contribution in [3.63, 3.8) is 0 Å². The van der Waals surface area contributed by atoms with Crippen molar-refractivity contribution in [3.05, 3.63) is 47.3 Å². The van der Waals surface area contributed by atoms with E-state index in [-0.39, 0.29) is 11.7 Å². The second kappa shape index (κ2) is 4.91. The van der Waals surface area contributed by atoms with Crippen molar-refractivity contribution in [1.29, 1.82) is 0 Å². The van der Waals surface area contributed by atoms with Gasteiger partial charge in [0.1, 0.15) is 11.5 Å². The molecule has 5 nitrogen and oxygen atoms in total. The Kier molecular flexibility index (Phi) is 3.32. The Labute approximate surface area is 105 Å². The zero-order valence-electron chi connectivity index (χ0n) is 10.3. The smallest absolute Gasteiger partial charge is 0.276 e. The molecule has 2 aromatic rings. The predicted molar refractivity (Wildman–Crippen MR) is 65.1 cm³/mol. The lowest BCUT2D eigenvalue weighted by molar-refractivity contribution is 0.0774. The summed E-state index contributed by atoms with van der Waals surface area (Å²) in [4.78, 5) is 13.5. The van der Waals surface area contributed by atoms with Gasteiger partial charge in [0.15, 0.2) is 5.69 Å². The van der Waals surface area contributed by atoms with E-state index in [0.717, 1.165) is 5.56 Å². The van der Waals surface area contributed by atoms with Gasteiger partial charge in [-0.2, -0.15) is 0 Å². The first kappa shape index (κ1) is 12.2. The number of aryl methyl sites for hydroxylation is 1. The van der Waals surface area contributed by atoms with Crippen molar-refractivity contribution < 1.29 is 14.4 Å². The SMILES string of the molecule is Cc1cc(C(=O)N(C)Cc2ccc(O)cc2)no1. The average Bonchev–Trinajstić information content (AvgIpc) is 2.78. The minimum atomic E-state index is -0.195. The molecule has 1 N–H and O–H groups in total. The van der Waals surface area contributed by atoms with Crippen LogP contribution in [0.3, 0.4) is 0 Å². The highest BCUT2D eigenvalue weighted by Crippen LogP contribution is 2.12. The number of hydrogen-bond donors (Lipinski definition) is 1. The summed E-state index contributed by atoms with van der Waals surface area (Å²) in [5.74, 6) is 0.621. The molecule has 0 aliphatic carbocycles. The van der Waals surface area contributed by atoms with Crippen molar-refractivity contribution >= 4 is 5.91 Å². The Hall–Kier alpha value is -2.30. The molecule has 0 fully saturated rings. The van der Waals surface area contributed by atoms with Gasteiger partial charge < -0.3 is 14.5 Å². The number of carbonyl (C=O) groups is 1. The molecule has 94 valence electrons. The van der Waals surface area contributed by atoms with Crippen LogP contribution in [-0.4, -0.2) is 28.1 Å². The van der Waals surface area contributed by atoms with Crippen LogP contribution in [0.2, 0.25) is 0 Å². The van der Waals surface area contributed by atoms with Crippen molar-refractivity contribution in [2.75, 3.05) is 7.05 Å². The lowest BCUT2D eigenvalue weighted by Crippen LogP contribution is -2.26. The minimum absolute atomic E-state index is 0.195. The summed E-state index contributed by atoms with van der Waals surface area (Å²) in [5.41, 5.74) is 1.23. The molecule has 0 aliphatic rings. The van der Waals surface area contributed by atoms with Gasteiger partial charge in [-0.3, -0.25) is 4.79 Å². The van der Waals surface area contributed by atoms with Crippen LogP contribution in [-0.2, 0) is 6.54 Å². The summed E-state index contributed by atoms with van der Waals surface area (Å²) >= 11 is 0. The number of nitrogens with zero attached hydrogens (tertiary/aromatic N) is 2. The van der Waals surface area contributed by atoms with E-state index in [1.807, 2.05) is 0 Å². The number of phenolic OH excluding ortho intramolecular Hbond substituents is 1. The zero-order chi connectivity index (χ0) is 13.1. The lowest BCUT2D eigenvalue weighted by Gasteiger charge is -2.15. The molecule has 0 saturated carbocycles. The van der Waals surface area contributed by atoms with Crippen LogP contribution in [0.1, 0.15) is 21.8 Å². The van der Waals surface area contributed by atoms with Crippen LogP contribution >= 0.6 is 0 Å². The molecule has 1 heterocycles. The molecule has 0 radical (unpaired) electrons. The first-order valence-corrected chi connectivity index (χ1v) is 5.53. The van der Waals surface area contributed by atoms with Gasteiger partial charge in [-0.15, -0.1) is 0 Å². The summed E-state index contributed by atoms with van der Waals surface area (Å²) < 4.78 is 4.87. The number of aromatic nitrogens is 1. The fraction of sp³-hybridized carbons (Fsp3) is 0.231. The molecule has 0 aliphatic heterocycles. The fourth-order valence-electron chi connectivity index (χ4n) is 1.61. The highest BCUT2D eigenvalue weighted by molar-refractivity contribution is 5.92. The number of benzene rings is 1. The maximum absolute atomic E-state index is 12.0. The third-order valence-electron chi connectivity index (χ3n) is 2.55. The highest BCUT2D eigenvalue weighted by atomic mass is 16.5. The van der Waals surface area contributed by atoms with Gasteiger partial charge in [0, 0.05) is 19.7 Å². The lowest BCUT2D eigenvalue weighted by atomic mass is 10.2. The quantitative estimate of drug-likeness (QED) is 0.899. The second-order valence-corrected chi connectivity index (χ2v) is 4.15. The molecule has 1 aromatic heterocycles. The monoisotopic (exact) mass is 246 g/mol. The number of amides is 1. The van der Waals surface area contributed by atoms with Crippen molar-refractivity contribution in [1.82, 2.24) is 10.1 Å².